The van der Waals surface area contributed by atoms with Gasteiger partial charge < -0.3 is 9.30 Å². The summed E-state index contributed by atoms with van der Waals surface area (Å²) in [6.07, 6.45) is 3.95. The molecular weight excluding hydrogens is 250 g/mol. The van der Waals surface area contributed by atoms with E-state index < -0.39 is 0 Å². The van der Waals surface area contributed by atoms with Crippen molar-refractivity contribution in [3.8, 4) is 5.75 Å². The molecule has 0 aliphatic carbocycles. The highest BCUT2D eigenvalue weighted by molar-refractivity contribution is 5.36. The highest BCUT2D eigenvalue weighted by Crippen LogP contribution is 2.35. The van der Waals surface area contributed by atoms with Crippen LogP contribution in [0.25, 0.3) is 0 Å². The lowest BCUT2D eigenvalue weighted by Gasteiger charge is -2.39. The molecule has 2 heterocycles. The smallest absolute Gasteiger partial charge is 0.123 e. The molecule has 0 saturated carbocycles. The number of fused-ring (bicyclic) bond motifs is 1. The van der Waals surface area contributed by atoms with Crippen LogP contribution in [0, 0.1) is 0 Å². The fraction of sp³-hybridized carbons (Fsp3) is 0.438. The van der Waals surface area contributed by atoms with Crippen molar-refractivity contribution in [3.05, 3.63) is 48.0 Å². The third-order valence-corrected chi connectivity index (χ3v) is 4.06. The van der Waals surface area contributed by atoms with E-state index in [1.54, 1.807) is 7.11 Å². The van der Waals surface area contributed by atoms with Crippen molar-refractivity contribution in [2.45, 2.75) is 39.0 Å². The predicted molar refractivity (Wildman–Crippen MR) is 78.6 cm³/mol. The summed E-state index contributed by atoms with van der Waals surface area (Å²) in [4.78, 5) is 6.94. The van der Waals surface area contributed by atoms with Crippen LogP contribution < -0.4 is 4.74 Å². The Morgan fingerprint density at radius 3 is 2.85 bits per heavy atom. The number of para-hydroxylation sites is 1. The fourth-order valence-electron chi connectivity index (χ4n) is 2.98. The fourth-order valence-corrected chi connectivity index (χ4v) is 2.98. The number of hydrogen-bond donors (Lipinski definition) is 0. The van der Waals surface area contributed by atoms with Crippen molar-refractivity contribution in [2.75, 3.05) is 7.11 Å². The van der Waals surface area contributed by atoms with Crippen LogP contribution in [0.15, 0.2) is 36.7 Å². The number of aromatic nitrogens is 2. The zero-order valence-electron chi connectivity index (χ0n) is 12.3. The number of imidazole rings is 1. The van der Waals surface area contributed by atoms with Crippen molar-refractivity contribution in [1.82, 2.24) is 14.5 Å². The number of nitrogens with zero attached hydrogens (tertiary/aromatic N) is 3. The van der Waals surface area contributed by atoms with Crippen LogP contribution in [-0.2, 0) is 13.1 Å². The molecule has 0 N–H and O–H groups in total. The molecule has 0 radical (unpaired) electrons. The number of rotatable bonds is 3. The summed E-state index contributed by atoms with van der Waals surface area (Å²) in [5.41, 5.74) is 1.25. The summed E-state index contributed by atoms with van der Waals surface area (Å²) in [6.45, 7) is 6.28. The molecule has 0 bridgehead atoms. The molecule has 1 aromatic heterocycles. The number of ether oxygens (including phenoxy) is 1. The van der Waals surface area contributed by atoms with Crippen molar-refractivity contribution >= 4 is 0 Å². The maximum atomic E-state index is 5.54. The maximum Gasteiger partial charge on any atom is 0.123 e. The van der Waals surface area contributed by atoms with E-state index in [4.69, 9.17) is 4.74 Å². The standard InChI is InChI=1S/C16H21N3O/c1-12(2)19-11-16-17-8-9-18(16)10-14(19)13-6-4-5-7-15(13)20-3/h4-9,12,14H,10-11H2,1-3H3/t14-/m1/s1. The minimum atomic E-state index is 0.327. The van der Waals surface area contributed by atoms with Gasteiger partial charge in [-0.3, -0.25) is 4.90 Å². The van der Waals surface area contributed by atoms with Crippen molar-refractivity contribution in [3.63, 3.8) is 0 Å². The Morgan fingerprint density at radius 1 is 1.30 bits per heavy atom. The first-order valence-electron chi connectivity index (χ1n) is 7.09. The van der Waals surface area contributed by atoms with Crippen LogP contribution in [0.5, 0.6) is 5.75 Å². The predicted octanol–water partition coefficient (Wildman–Crippen LogP) is 2.86. The van der Waals surface area contributed by atoms with E-state index in [0.717, 1.165) is 24.7 Å². The summed E-state index contributed by atoms with van der Waals surface area (Å²) >= 11 is 0. The molecule has 4 heteroatoms. The Morgan fingerprint density at radius 2 is 2.10 bits per heavy atom. The first kappa shape index (κ1) is 13.2. The van der Waals surface area contributed by atoms with E-state index in [9.17, 15) is 0 Å². The molecular formula is C16H21N3O. The SMILES string of the molecule is COc1ccccc1[C@H]1Cn2ccnc2CN1C(C)C. The van der Waals surface area contributed by atoms with E-state index in [-0.39, 0.29) is 0 Å². The van der Waals surface area contributed by atoms with E-state index in [2.05, 4.69) is 46.6 Å². The number of methoxy groups -OCH3 is 1. The normalized spacial score (nSPS) is 19.1. The minimum absolute atomic E-state index is 0.327. The lowest BCUT2D eigenvalue weighted by molar-refractivity contribution is 0.0984. The first-order valence-corrected chi connectivity index (χ1v) is 7.09. The molecule has 1 aromatic carbocycles. The molecule has 3 rings (SSSR count). The number of hydrogen-bond acceptors (Lipinski definition) is 3. The van der Waals surface area contributed by atoms with E-state index in [1.807, 2.05) is 18.3 Å². The van der Waals surface area contributed by atoms with Gasteiger partial charge >= 0.3 is 0 Å². The van der Waals surface area contributed by atoms with Crippen molar-refractivity contribution in [2.24, 2.45) is 0 Å². The summed E-state index contributed by atoms with van der Waals surface area (Å²) in [6, 6.07) is 9.11. The second-order valence-corrected chi connectivity index (χ2v) is 5.52. The van der Waals surface area contributed by atoms with Crippen molar-refractivity contribution in [1.29, 1.82) is 0 Å². The second-order valence-electron chi connectivity index (χ2n) is 5.52. The van der Waals surface area contributed by atoms with Gasteiger partial charge in [0.1, 0.15) is 11.6 Å². The lowest BCUT2D eigenvalue weighted by atomic mass is 10.0. The maximum absolute atomic E-state index is 5.54. The van der Waals surface area contributed by atoms with Gasteiger partial charge in [0.25, 0.3) is 0 Å². The Hall–Kier alpha value is -1.81. The van der Waals surface area contributed by atoms with Gasteiger partial charge in [-0.15, -0.1) is 0 Å². The highest BCUT2D eigenvalue weighted by atomic mass is 16.5. The summed E-state index contributed by atoms with van der Waals surface area (Å²) in [5, 5.41) is 0. The van der Waals surface area contributed by atoms with E-state index in [1.165, 1.54) is 5.56 Å². The Bertz CT molecular complexity index is 591. The third kappa shape index (κ3) is 2.20. The molecule has 106 valence electrons. The van der Waals surface area contributed by atoms with Crippen LogP contribution in [-0.4, -0.2) is 27.6 Å². The largest absolute Gasteiger partial charge is 0.496 e. The first-order chi connectivity index (χ1) is 9.70. The van der Waals surface area contributed by atoms with Crippen LogP contribution >= 0.6 is 0 Å². The molecule has 1 aliphatic rings. The topological polar surface area (TPSA) is 30.3 Å². The van der Waals surface area contributed by atoms with Crippen LogP contribution in [0.4, 0.5) is 0 Å². The molecule has 20 heavy (non-hydrogen) atoms. The lowest BCUT2D eigenvalue weighted by Crippen LogP contribution is -2.41. The molecule has 0 saturated heterocycles. The van der Waals surface area contributed by atoms with Crippen LogP contribution in [0.3, 0.4) is 0 Å². The summed E-state index contributed by atoms with van der Waals surface area (Å²) in [7, 11) is 1.74. The summed E-state index contributed by atoms with van der Waals surface area (Å²) < 4.78 is 7.79. The molecule has 0 spiro atoms. The van der Waals surface area contributed by atoms with Gasteiger partial charge in [0.05, 0.1) is 19.7 Å². The molecule has 0 amide bonds. The van der Waals surface area contributed by atoms with Gasteiger partial charge in [-0.1, -0.05) is 18.2 Å². The summed E-state index contributed by atoms with van der Waals surface area (Å²) in [5.74, 6) is 2.11. The Labute approximate surface area is 120 Å². The van der Waals surface area contributed by atoms with Gasteiger partial charge in [-0.25, -0.2) is 4.98 Å². The molecule has 2 aromatic rings. The van der Waals surface area contributed by atoms with Crippen molar-refractivity contribution < 1.29 is 4.74 Å². The zero-order chi connectivity index (χ0) is 14.1. The quantitative estimate of drug-likeness (QED) is 0.860. The van der Waals surface area contributed by atoms with Gasteiger partial charge in [0.15, 0.2) is 0 Å². The average Bonchev–Trinajstić information content (AvgIpc) is 2.93. The third-order valence-electron chi connectivity index (χ3n) is 4.06. The molecule has 0 fully saturated rings. The number of benzene rings is 1. The monoisotopic (exact) mass is 271 g/mol. The molecule has 1 atom stereocenters. The molecule has 0 unspecified atom stereocenters. The van der Waals surface area contributed by atoms with E-state index in [0.29, 0.717) is 12.1 Å². The molecule has 4 nitrogen and oxygen atoms in total. The minimum Gasteiger partial charge on any atom is -0.496 e. The van der Waals surface area contributed by atoms with E-state index >= 15 is 0 Å². The van der Waals surface area contributed by atoms with Gasteiger partial charge in [-0.2, -0.15) is 0 Å². The Kier molecular flexibility index (Phi) is 3.49. The van der Waals surface area contributed by atoms with Gasteiger partial charge in [0, 0.05) is 30.5 Å². The zero-order valence-corrected chi connectivity index (χ0v) is 12.3. The van der Waals surface area contributed by atoms with Crippen LogP contribution in [0.1, 0.15) is 31.3 Å². The molecule has 1 aliphatic heterocycles. The second kappa shape index (κ2) is 5.29. The highest BCUT2D eigenvalue weighted by Gasteiger charge is 2.31. The van der Waals surface area contributed by atoms with Gasteiger partial charge in [-0.05, 0) is 19.9 Å². The Balaban J connectivity index is 2.02. The average molecular weight is 271 g/mol. The van der Waals surface area contributed by atoms with Gasteiger partial charge in [0.2, 0.25) is 0 Å². The van der Waals surface area contributed by atoms with Crippen LogP contribution in [0.2, 0.25) is 0 Å².